The summed E-state index contributed by atoms with van der Waals surface area (Å²) >= 11 is 1.26. The molecule has 0 unspecified atom stereocenters. The maximum atomic E-state index is 13.5. The number of fused-ring (bicyclic) bond motifs is 2. The first-order valence-corrected chi connectivity index (χ1v) is 11.3. The molecule has 0 atom stereocenters. The molecule has 0 spiro atoms. The summed E-state index contributed by atoms with van der Waals surface area (Å²) in [5.74, 6) is 0.582. The van der Waals surface area contributed by atoms with Crippen molar-refractivity contribution in [2.45, 2.75) is 4.21 Å². The van der Waals surface area contributed by atoms with Crippen LogP contribution in [0.2, 0.25) is 0 Å². The second-order valence-corrected chi connectivity index (χ2v) is 9.79. The van der Waals surface area contributed by atoms with Gasteiger partial charge in [0.2, 0.25) is 5.82 Å². The maximum Gasteiger partial charge on any atom is 0.274 e. The van der Waals surface area contributed by atoms with Crippen molar-refractivity contribution in [1.29, 1.82) is 5.26 Å². The van der Waals surface area contributed by atoms with E-state index in [0.717, 1.165) is 15.6 Å². The van der Waals surface area contributed by atoms with Gasteiger partial charge in [0.15, 0.2) is 0 Å². The van der Waals surface area contributed by atoms with Gasteiger partial charge in [-0.1, -0.05) is 24.3 Å². The Morgan fingerprint density at radius 2 is 1.87 bits per heavy atom. The first kappa shape index (κ1) is 18.5. The zero-order valence-electron chi connectivity index (χ0n) is 15.5. The van der Waals surface area contributed by atoms with E-state index < -0.39 is 10.0 Å². The lowest BCUT2D eigenvalue weighted by atomic mass is 10.1. The predicted molar refractivity (Wildman–Crippen MR) is 114 cm³/mol. The van der Waals surface area contributed by atoms with E-state index in [-0.39, 0.29) is 19.0 Å². The molecule has 1 aliphatic heterocycles. The molecule has 2 aromatic heterocycles. The van der Waals surface area contributed by atoms with Crippen molar-refractivity contribution in [2.24, 2.45) is 0 Å². The van der Waals surface area contributed by atoms with Crippen LogP contribution in [0.1, 0.15) is 5.82 Å². The highest BCUT2D eigenvalue weighted by Gasteiger charge is 2.31. The molecular formula is C21H14N4O3S2. The molecular weight excluding hydrogens is 420 g/mol. The minimum atomic E-state index is -3.75. The lowest BCUT2D eigenvalue weighted by molar-refractivity contribution is 0.316. The van der Waals surface area contributed by atoms with Crippen molar-refractivity contribution in [3.63, 3.8) is 0 Å². The minimum absolute atomic E-state index is 0.0778. The summed E-state index contributed by atoms with van der Waals surface area (Å²) < 4.78 is 35.2. The van der Waals surface area contributed by atoms with Crippen LogP contribution in [0.4, 0.5) is 5.69 Å². The lowest BCUT2D eigenvalue weighted by Gasteiger charge is -2.30. The zero-order valence-corrected chi connectivity index (χ0v) is 17.2. The lowest BCUT2D eigenvalue weighted by Crippen LogP contribution is -2.37. The topological polar surface area (TPSA) is 96.2 Å². The Morgan fingerprint density at radius 1 is 1.07 bits per heavy atom. The number of rotatable bonds is 3. The van der Waals surface area contributed by atoms with Crippen molar-refractivity contribution < 1.29 is 13.2 Å². The summed E-state index contributed by atoms with van der Waals surface area (Å²) in [6.45, 7) is 0.493. The van der Waals surface area contributed by atoms with Gasteiger partial charge in [-0.3, -0.25) is 4.31 Å². The summed E-state index contributed by atoms with van der Waals surface area (Å²) in [4.78, 5) is 7.98. The molecule has 9 heteroatoms. The van der Waals surface area contributed by atoms with Crippen molar-refractivity contribution in [3.05, 3.63) is 66.7 Å². The molecule has 0 N–H and O–H groups in total. The van der Waals surface area contributed by atoms with E-state index in [1.807, 2.05) is 36.4 Å². The summed E-state index contributed by atoms with van der Waals surface area (Å²) in [5.41, 5.74) is 1.89. The normalized spacial score (nSPS) is 13.5. The molecule has 148 valence electrons. The highest BCUT2D eigenvalue weighted by atomic mass is 32.2. The number of aromatic nitrogens is 2. The summed E-state index contributed by atoms with van der Waals surface area (Å²) in [5, 5.41) is 9.78. The molecule has 2 aromatic carbocycles. The number of sulfonamides is 1. The Labute approximate surface area is 176 Å². The summed E-state index contributed by atoms with van der Waals surface area (Å²) in [6, 6.07) is 16.5. The average Bonchev–Trinajstić information content (AvgIpc) is 3.24. The van der Waals surface area contributed by atoms with Gasteiger partial charge in [-0.25, -0.2) is 18.4 Å². The quantitative estimate of drug-likeness (QED) is 0.486. The second kappa shape index (κ2) is 7.09. The highest BCUT2D eigenvalue weighted by molar-refractivity contribution is 7.95. The van der Waals surface area contributed by atoms with Crippen LogP contribution < -0.4 is 9.04 Å². The van der Waals surface area contributed by atoms with E-state index in [1.165, 1.54) is 15.6 Å². The van der Waals surface area contributed by atoms with Gasteiger partial charge in [-0.05, 0) is 35.2 Å². The smallest absolute Gasteiger partial charge is 0.274 e. The molecule has 0 bridgehead atoms. The third-order valence-corrected chi connectivity index (χ3v) is 8.19. The fourth-order valence-electron chi connectivity index (χ4n) is 3.35. The minimum Gasteiger partial charge on any atom is -0.489 e. The summed E-state index contributed by atoms with van der Waals surface area (Å²) in [6.07, 6.45) is 3.09. The predicted octanol–water partition coefficient (Wildman–Crippen LogP) is 3.82. The first-order valence-electron chi connectivity index (χ1n) is 9.07. The fraction of sp³-hybridized carbons (Fsp3) is 0.0952. The molecule has 5 rings (SSSR count). The van der Waals surface area contributed by atoms with Crippen LogP contribution in [0.5, 0.6) is 5.75 Å². The number of thiophene rings is 1. The number of ether oxygens (including phenoxy) is 1. The third-order valence-electron chi connectivity index (χ3n) is 4.81. The van der Waals surface area contributed by atoms with Gasteiger partial charge in [0.05, 0.1) is 12.2 Å². The Bertz CT molecular complexity index is 1370. The second-order valence-electron chi connectivity index (χ2n) is 6.62. The van der Waals surface area contributed by atoms with Crippen molar-refractivity contribution in [1.82, 2.24) is 9.97 Å². The van der Waals surface area contributed by atoms with Gasteiger partial charge in [-0.15, -0.1) is 11.3 Å². The molecule has 0 aliphatic carbocycles. The van der Waals surface area contributed by atoms with Gasteiger partial charge in [0.25, 0.3) is 10.0 Å². The molecule has 0 amide bonds. The van der Waals surface area contributed by atoms with E-state index >= 15 is 0 Å². The third kappa shape index (κ3) is 3.07. The molecule has 4 aromatic rings. The standard InChI is InChI=1S/C21H14N4O3S2/c22-11-20-23-12-16(13-24-20)14-5-6-18-17(9-14)25(7-8-28-18)30(26,27)21-10-15-3-1-2-4-19(15)29-21/h1-6,9-10,12-13H,7-8H2. The van der Waals surface area contributed by atoms with Gasteiger partial charge < -0.3 is 4.74 Å². The number of hydrogen-bond acceptors (Lipinski definition) is 7. The van der Waals surface area contributed by atoms with Crippen molar-refractivity contribution >= 4 is 37.1 Å². The van der Waals surface area contributed by atoms with E-state index in [4.69, 9.17) is 10.00 Å². The van der Waals surface area contributed by atoms with Crippen LogP contribution in [0.15, 0.2) is 65.1 Å². The molecule has 7 nitrogen and oxygen atoms in total. The molecule has 0 saturated heterocycles. The van der Waals surface area contributed by atoms with Gasteiger partial charge >= 0.3 is 0 Å². The highest BCUT2D eigenvalue weighted by Crippen LogP contribution is 2.40. The number of nitriles is 1. The maximum absolute atomic E-state index is 13.5. The molecule has 0 saturated carbocycles. The Balaban J connectivity index is 1.59. The Hall–Kier alpha value is -3.48. The van der Waals surface area contributed by atoms with Crippen LogP contribution in [-0.4, -0.2) is 31.5 Å². The van der Waals surface area contributed by atoms with Crippen LogP contribution >= 0.6 is 11.3 Å². The van der Waals surface area contributed by atoms with Crippen molar-refractivity contribution in [2.75, 3.05) is 17.5 Å². The Kier molecular flexibility index (Phi) is 4.38. The number of nitrogens with zero attached hydrogens (tertiary/aromatic N) is 4. The molecule has 1 aliphatic rings. The van der Waals surface area contributed by atoms with E-state index in [9.17, 15) is 8.42 Å². The van der Waals surface area contributed by atoms with E-state index in [2.05, 4.69) is 9.97 Å². The average molecular weight is 435 g/mol. The molecule has 0 fully saturated rings. The van der Waals surface area contributed by atoms with E-state index in [1.54, 1.807) is 30.6 Å². The first-order chi connectivity index (χ1) is 14.6. The van der Waals surface area contributed by atoms with Crippen molar-refractivity contribution in [3.8, 4) is 22.9 Å². The largest absolute Gasteiger partial charge is 0.489 e. The van der Waals surface area contributed by atoms with Crippen LogP contribution in [-0.2, 0) is 10.0 Å². The van der Waals surface area contributed by atoms with Gasteiger partial charge in [0, 0.05) is 22.7 Å². The van der Waals surface area contributed by atoms with Gasteiger partial charge in [0.1, 0.15) is 22.6 Å². The SMILES string of the molecule is N#Cc1ncc(-c2ccc3c(c2)N(S(=O)(=O)c2cc4ccccc4s2)CCO3)cn1. The molecule has 3 heterocycles. The number of anilines is 1. The van der Waals surface area contributed by atoms with Crippen LogP contribution in [0, 0.1) is 11.3 Å². The zero-order chi connectivity index (χ0) is 20.7. The van der Waals surface area contributed by atoms with Gasteiger partial charge in [-0.2, -0.15) is 5.26 Å². The molecule has 30 heavy (non-hydrogen) atoms. The molecule has 0 radical (unpaired) electrons. The monoisotopic (exact) mass is 434 g/mol. The fourth-order valence-corrected chi connectivity index (χ4v) is 6.31. The Morgan fingerprint density at radius 3 is 2.63 bits per heavy atom. The number of benzene rings is 2. The number of hydrogen-bond donors (Lipinski definition) is 0. The summed E-state index contributed by atoms with van der Waals surface area (Å²) in [7, 11) is -3.75. The van der Waals surface area contributed by atoms with Crippen LogP contribution in [0.3, 0.4) is 0 Å². The van der Waals surface area contributed by atoms with Crippen LogP contribution in [0.25, 0.3) is 21.2 Å². The van der Waals surface area contributed by atoms with E-state index in [0.29, 0.717) is 21.2 Å².